The summed E-state index contributed by atoms with van der Waals surface area (Å²) >= 11 is 0. The highest BCUT2D eigenvalue weighted by atomic mass is 16.3. The van der Waals surface area contributed by atoms with E-state index in [-0.39, 0.29) is 6.10 Å². The minimum absolute atomic E-state index is 0.269. The number of hydrogen-bond donors (Lipinski definition) is 1. The lowest BCUT2D eigenvalue weighted by molar-refractivity contribution is 0.171. The number of allylic oxidation sites excluding steroid dienone is 1. The first-order valence-electron chi connectivity index (χ1n) is 7.06. The molecule has 1 aromatic heterocycles. The van der Waals surface area contributed by atoms with Gasteiger partial charge in [0.25, 0.3) is 0 Å². The largest absolute Gasteiger partial charge is 0.392 e. The van der Waals surface area contributed by atoms with Crippen LogP contribution in [0.1, 0.15) is 50.4 Å². The van der Waals surface area contributed by atoms with Gasteiger partial charge >= 0.3 is 0 Å². The Labute approximate surface area is 110 Å². The molecular formula is C15H24N2O. The molecule has 0 spiro atoms. The molecule has 0 radical (unpaired) electrons. The van der Waals surface area contributed by atoms with E-state index in [9.17, 15) is 5.11 Å². The van der Waals surface area contributed by atoms with Gasteiger partial charge in [0.2, 0.25) is 0 Å². The fourth-order valence-corrected chi connectivity index (χ4v) is 2.64. The summed E-state index contributed by atoms with van der Waals surface area (Å²) in [6.07, 6.45) is 9.48. The molecule has 1 aliphatic rings. The third kappa shape index (κ3) is 3.45. The van der Waals surface area contributed by atoms with Crippen molar-refractivity contribution >= 4 is 0 Å². The molecule has 1 aromatic rings. The van der Waals surface area contributed by atoms with Crippen LogP contribution in [-0.2, 0) is 19.9 Å². The Morgan fingerprint density at radius 3 is 2.83 bits per heavy atom. The van der Waals surface area contributed by atoms with Crippen molar-refractivity contribution in [2.24, 2.45) is 7.05 Å². The van der Waals surface area contributed by atoms with Crippen LogP contribution in [0.5, 0.6) is 0 Å². The van der Waals surface area contributed by atoms with Crippen molar-refractivity contribution in [3.63, 3.8) is 0 Å². The lowest BCUT2D eigenvalue weighted by Crippen LogP contribution is -2.14. The average Bonchev–Trinajstić information content (AvgIpc) is 2.71. The van der Waals surface area contributed by atoms with Crippen molar-refractivity contribution in [3.8, 4) is 0 Å². The van der Waals surface area contributed by atoms with Crippen LogP contribution in [0.3, 0.4) is 0 Å². The quantitative estimate of drug-likeness (QED) is 0.814. The smallest absolute Gasteiger partial charge is 0.0632 e. The van der Waals surface area contributed by atoms with Gasteiger partial charge in [0.05, 0.1) is 11.8 Å². The number of aryl methyl sites for hydroxylation is 2. The Bertz CT molecular complexity index is 420. The fourth-order valence-electron chi connectivity index (χ4n) is 2.64. The SMILES string of the molecule is CCc1cc(CC(O)CC2=CCCCC2)n(C)n1. The molecule has 0 aliphatic heterocycles. The van der Waals surface area contributed by atoms with E-state index in [4.69, 9.17) is 0 Å². The first kappa shape index (κ1) is 13.3. The van der Waals surface area contributed by atoms with Crippen LogP contribution in [0.4, 0.5) is 0 Å². The Balaban J connectivity index is 1.91. The third-order valence-corrected chi connectivity index (χ3v) is 3.72. The Morgan fingerprint density at radius 1 is 1.39 bits per heavy atom. The molecule has 1 N–H and O–H groups in total. The van der Waals surface area contributed by atoms with Crippen molar-refractivity contribution in [3.05, 3.63) is 29.1 Å². The maximum Gasteiger partial charge on any atom is 0.0632 e. The number of aliphatic hydroxyl groups excluding tert-OH is 1. The molecule has 1 unspecified atom stereocenters. The van der Waals surface area contributed by atoms with Gasteiger partial charge < -0.3 is 5.11 Å². The molecule has 0 saturated heterocycles. The Hall–Kier alpha value is -1.09. The molecule has 18 heavy (non-hydrogen) atoms. The fraction of sp³-hybridized carbons (Fsp3) is 0.667. The zero-order chi connectivity index (χ0) is 13.0. The summed E-state index contributed by atoms with van der Waals surface area (Å²) in [4.78, 5) is 0. The number of hydrogen-bond acceptors (Lipinski definition) is 2. The van der Waals surface area contributed by atoms with Crippen molar-refractivity contribution < 1.29 is 5.11 Å². The first-order chi connectivity index (χ1) is 8.69. The molecule has 1 atom stereocenters. The van der Waals surface area contributed by atoms with Crippen LogP contribution in [0.25, 0.3) is 0 Å². The van der Waals surface area contributed by atoms with Crippen LogP contribution in [0, 0.1) is 0 Å². The van der Waals surface area contributed by atoms with Crippen LogP contribution in [0.15, 0.2) is 17.7 Å². The van der Waals surface area contributed by atoms with Crippen LogP contribution >= 0.6 is 0 Å². The monoisotopic (exact) mass is 248 g/mol. The van der Waals surface area contributed by atoms with E-state index in [2.05, 4.69) is 24.2 Å². The molecule has 100 valence electrons. The van der Waals surface area contributed by atoms with Gasteiger partial charge in [-0.1, -0.05) is 18.6 Å². The van der Waals surface area contributed by atoms with Crippen LogP contribution in [-0.4, -0.2) is 21.0 Å². The van der Waals surface area contributed by atoms with Gasteiger partial charge in [0.1, 0.15) is 0 Å². The highest BCUT2D eigenvalue weighted by Gasteiger charge is 2.13. The second-order valence-corrected chi connectivity index (χ2v) is 5.27. The van der Waals surface area contributed by atoms with Gasteiger partial charge in [0, 0.05) is 19.2 Å². The summed E-state index contributed by atoms with van der Waals surface area (Å²) in [6, 6.07) is 2.11. The summed E-state index contributed by atoms with van der Waals surface area (Å²) < 4.78 is 1.90. The summed E-state index contributed by atoms with van der Waals surface area (Å²) in [7, 11) is 1.96. The number of aliphatic hydroxyl groups is 1. The summed E-state index contributed by atoms with van der Waals surface area (Å²) in [5, 5.41) is 14.6. The summed E-state index contributed by atoms with van der Waals surface area (Å²) in [6.45, 7) is 2.11. The normalized spacial score (nSPS) is 17.6. The van der Waals surface area contributed by atoms with Crippen LogP contribution in [0.2, 0.25) is 0 Å². The minimum atomic E-state index is -0.269. The van der Waals surface area contributed by atoms with Crippen LogP contribution < -0.4 is 0 Å². The lowest BCUT2D eigenvalue weighted by atomic mass is 9.94. The highest BCUT2D eigenvalue weighted by molar-refractivity contribution is 5.13. The topological polar surface area (TPSA) is 38.0 Å². The van der Waals surface area contributed by atoms with Gasteiger partial charge in [-0.3, -0.25) is 4.68 Å². The van der Waals surface area contributed by atoms with E-state index in [1.165, 1.54) is 31.3 Å². The van der Waals surface area contributed by atoms with Crippen molar-refractivity contribution in [2.45, 2.75) is 58.0 Å². The van der Waals surface area contributed by atoms with Gasteiger partial charge in [-0.05, 0) is 44.6 Å². The van der Waals surface area contributed by atoms with E-state index in [0.29, 0.717) is 6.42 Å². The minimum Gasteiger partial charge on any atom is -0.392 e. The molecular weight excluding hydrogens is 224 g/mol. The van der Waals surface area contributed by atoms with Gasteiger partial charge in [-0.15, -0.1) is 0 Å². The molecule has 3 nitrogen and oxygen atoms in total. The van der Waals surface area contributed by atoms with Crippen molar-refractivity contribution in [2.75, 3.05) is 0 Å². The predicted octanol–water partition coefficient (Wildman–Crippen LogP) is 2.78. The Kier molecular flexibility index (Phi) is 4.59. The standard InChI is InChI=1S/C15H24N2O/c1-3-13-10-14(17(2)16-13)11-15(18)9-12-7-5-4-6-8-12/h7,10,15,18H,3-6,8-9,11H2,1-2H3. The lowest BCUT2D eigenvalue weighted by Gasteiger charge is -2.16. The zero-order valence-electron chi connectivity index (χ0n) is 11.5. The third-order valence-electron chi connectivity index (χ3n) is 3.72. The maximum absolute atomic E-state index is 10.2. The van der Waals surface area contributed by atoms with E-state index in [0.717, 1.165) is 24.2 Å². The molecule has 2 rings (SSSR count). The predicted molar refractivity (Wildman–Crippen MR) is 73.5 cm³/mol. The van der Waals surface area contributed by atoms with Gasteiger partial charge in [0.15, 0.2) is 0 Å². The van der Waals surface area contributed by atoms with Crippen molar-refractivity contribution in [1.82, 2.24) is 9.78 Å². The van der Waals surface area contributed by atoms with Gasteiger partial charge in [-0.2, -0.15) is 5.10 Å². The molecule has 3 heteroatoms. The van der Waals surface area contributed by atoms with E-state index >= 15 is 0 Å². The van der Waals surface area contributed by atoms with Crippen molar-refractivity contribution in [1.29, 1.82) is 0 Å². The van der Waals surface area contributed by atoms with E-state index in [1.54, 1.807) is 0 Å². The summed E-state index contributed by atoms with van der Waals surface area (Å²) in [5.74, 6) is 0. The molecule has 1 aliphatic carbocycles. The van der Waals surface area contributed by atoms with Gasteiger partial charge in [-0.25, -0.2) is 0 Å². The zero-order valence-corrected chi connectivity index (χ0v) is 11.5. The molecule has 0 amide bonds. The highest BCUT2D eigenvalue weighted by Crippen LogP contribution is 2.22. The molecule has 0 saturated carbocycles. The van der Waals surface area contributed by atoms with E-state index in [1.807, 2.05) is 11.7 Å². The Morgan fingerprint density at radius 2 is 2.22 bits per heavy atom. The molecule has 0 bridgehead atoms. The van der Waals surface area contributed by atoms with E-state index < -0.39 is 0 Å². The maximum atomic E-state index is 10.2. The second-order valence-electron chi connectivity index (χ2n) is 5.27. The molecule has 0 aromatic carbocycles. The number of aromatic nitrogens is 2. The average molecular weight is 248 g/mol. The second kappa shape index (κ2) is 6.19. The molecule has 0 fully saturated rings. The molecule has 1 heterocycles. The number of nitrogens with zero attached hydrogens (tertiary/aromatic N) is 2. The summed E-state index contributed by atoms with van der Waals surface area (Å²) in [5.41, 5.74) is 3.68. The number of rotatable bonds is 5. The first-order valence-corrected chi connectivity index (χ1v) is 7.06.